The molecule has 0 aliphatic carbocycles. The molecular weight excluding hydrogens is 334 g/mol. The number of benzene rings is 2. The number of amides is 1. The van der Waals surface area contributed by atoms with Crippen molar-refractivity contribution < 1.29 is 24.2 Å². The first-order chi connectivity index (χ1) is 12.5. The number of carboxylic acid groups (broad SMARTS) is 1. The molecule has 0 aliphatic rings. The van der Waals surface area contributed by atoms with Crippen LogP contribution in [-0.2, 0) is 17.6 Å². The van der Waals surface area contributed by atoms with E-state index >= 15 is 0 Å². The zero-order chi connectivity index (χ0) is 19.1. The Morgan fingerprint density at radius 3 is 2.23 bits per heavy atom. The summed E-state index contributed by atoms with van der Waals surface area (Å²) in [4.78, 5) is 23.6. The zero-order valence-corrected chi connectivity index (χ0v) is 15.2. The van der Waals surface area contributed by atoms with Crippen LogP contribution in [0.1, 0.15) is 34.8 Å². The summed E-state index contributed by atoms with van der Waals surface area (Å²) >= 11 is 0. The van der Waals surface area contributed by atoms with Crippen molar-refractivity contribution in [1.82, 2.24) is 0 Å². The summed E-state index contributed by atoms with van der Waals surface area (Å²) in [6, 6.07) is 10.8. The summed E-state index contributed by atoms with van der Waals surface area (Å²) in [6.07, 6.45) is 1.84. The van der Waals surface area contributed by atoms with Gasteiger partial charge in [0, 0.05) is 6.42 Å². The molecule has 0 heterocycles. The highest BCUT2D eigenvalue weighted by molar-refractivity contribution is 5.96. The normalized spacial score (nSPS) is 10.3. The van der Waals surface area contributed by atoms with E-state index in [9.17, 15) is 14.7 Å². The third kappa shape index (κ3) is 4.75. The quantitative estimate of drug-likeness (QED) is 0.755. The number of nitrogens with one attached hydrogen (secondary N) is 1. The van der Waals surface area contributed by atoms with Crippen LogP contribution >= 0.6 is 0 Å². The molecule has 0 aromatic heterocycles. The molecule has 0 bridgehead atoms. The number of aryl methyl sites for hydroxylation is 2. The third-order valence-electron chi connectivity index (χ3n) is 4.07. The maximum absolute atomic E-state index is 12.3. The Labute approximate surface area is 152 Å². The number of carbonyl (C=O) groups excluding carboxylic acids is 1. The van der Waals surface area contributed by atoms with Gasteiger partial charge in [-0.2, -0.15) is 0 Å². The maximum atomic E-state index is 12.3. The molecule has 2 aromatic rings. The predicted molar refractivity (Wildman–Crippen MR) is 99.3 cm³/mol. The predicted octanol–water partition coefficient (Wildman–Crippen LogP) is 3.54. The molecule has 0 spiro atoms. The van der Waals surface area contributed by atoms with Crippen molar-refractivity contribution in [1.29, 1.82) is 0 Å². The number of aromatic carboxylic acids is 1. The SMILES string of the molecule is CCc1ccc(CCC(=O)Nc2cc(C(=O)O)cc(OC)c2OC)cc1. The smallest absolute Gasteiger partial charge is 0.335 e. The molecular formula is C20H23NO5. The Bertz CT molecular complexity index is 784. The van der Waals surface area contributed by atoms with Crippen LogP contribution in [0.4, 0.5) is 5.69 Å². The van der Waals surface area contributed by atoms with E-state index in [2.05, 4.69) is 24.4 Å². The number of rotatable bonds is 8. The molecule has 0 saturated heterocycles. The van der Waals surface area contributed by atoms with Crippen LogP contribution in [0.25, 0.3) is 0 Å². The number of hydrogen-bond acceptors (Lipinski definition) is 4. The molecule has 1 amide bonds. The van der Waals surface area contributed by atoms with Gasteiger partial charge < -0.3 is 19.9 Å². The van der Waals surface area contributed by atoms with Gasteiger partial charge in [0.25, 0.3) is 0 Å². The summed E-state index contributed by atoms with van der Waals surface area (Å²) in [6.45, 7) is 2.09. The van der Waals surface area contributed by atoms with Crippen LogP contribution in [-0.4, -0.2) is 31.2 Å². The fourth-order valence-electron chi connectivity index (χ4n) is 2.59. The molecule has 0 unspecified atom stereocenters. The monoisotopic (exact) mass is 357 g/mol. The summed E-state index contributed by atoms with van der Waals surface area (Å²) in [7, 11) is 2.85. The minimum absolute atomic E-state index is 0.00750. The van der Waals surface area contributed by atoms with Gasteiger partial charge in [0.05, 0.1) is 25.5 Å². The van der Waals surface area contributed by atoms with Gasteiger partial charge in [-0.25, -0.2) is 4.79 Å². The molecule has 6 heteroatoms. The van der Waals surface area contributed by atoms with Crippen molar-refractivity contribution in [3.63, 3.8) is 0 Å². The van der Waals surface area contributed by atoms with Crippen LogP contribution in [0.15, 0.2) is 36.4 Å². The molecule has 2 aromatic carbocycles. The van der Waals surface area contributed by atoms with Crippen LogP contribution in [0, 0.1) is 0 Å². The lowest BCUT2D eigenvalue weighted by Gasteiger charge is -2.15. The van der Waals surface area contributed by atoms with E-state index in [1.165, 1.54) is 31.9 Å². The van der Waals surface area contributed by atoms with Crippen molar-refractivity contribution in [2.24, 2.45) is 0 Å². The van der Waals surface area contributed by atoms with Crippen LogP contribution < -0.4 is 14.8 Å². The van der Waals surface area contributed by atoms with Gasteiger partial charge in [-0.3, -0.25) is 4.79 Å². The van der Waals surface area contributed by atoms with E-state index in [1.807, 2.05) is 12.1 Å². The highest BCUT2D eigenvalue weighted by Crippen LogP contribution is 2.36. The maximum Gasteiger partial charge on any atom is 0.335 e. The van der Waals surface area contributed by atoms with E-state index < -0.39 is 5.97 Å². The third-order valence-corrected chi connectivity index (χ3v) is 4.07. The van der Waals surface area contributed by atoms with Gasteiger partial charge in [-0.15, -0.1) is 0 Å². The Balaban J connectivity index is 2.11. The molecule has 138 valence electrons. The topological polar surface area (TPSA) is 84.9 Å². The number of anilines is 1. The number of ether oxygens (including phenoxy) is 2. The average molecular weight is 357 g/mol. The van der Waals surface area contributed by atoms with E-state index in [-0.39, 0.29) is 35.1 Å². The first-order valence-corrected chi connectivity index (χ1v) is 8.35. The van der Waals surface area contributed by atoms with Crippen molar-refractivity contribution in [3.05, 3.63) is 53.1 Å². The lowest BCUT2D eigenvalue weighted by atomic mass is 10.1. The summed E-state index contributed by atoms with van der Waals surface area (Å²) in [5.74, 6) is -0.805. The standard InChI is InChI=1S/C20H23NO5/c1-4-13-5-7-14(8-6-13)9-10-18(22)21-16-11-15(20(23)24)12-17(25-2)19(16)26-3/h5-8,11-12H,4,9-10H2,1-3H3,(H,21,22)(H,23,24). The number of carboxylic acids is 1. The minimum atomic E-state index is -1.11. The lowest BCUT2D eigenvalue weighted by Crippen LogP contribution is -2.14. The zero-order valence-electron chi connectivity index (χ0n) is 15.2. The summed E-state index contributed by atoms with van der Waals surface area (Å²) in [5.41, 5.74) is 2.60. The summed E-state index contributed by atoms with van der Waals surface area (Å²) in [5, 5.41) is 11.9. The Morgan fingerprint density at radius 2 is 1.69 bits per heavy atom. The largest absolute Gasteiger partial charge is 0.493 e. The highest BCUT2D eigenvalue weighted by atomic mass is 16.5. The first-order valence-electron chi connectivity index (χ1n) is 8.35. The van der Waals surface area contributed by atoms with E-state index in [0.29, 0.717) is 6.42 Å². The molecule has 0 atom stereocenters. The Kier molecular flexibility index (Phi) is 6.60. The van der Waals surface area contributed by atoms with Gasteiger partial charge in [-0.1, -0.05) is 31.2 Å². The van der Waals surface area contributed by atoms with E-state index in [4.69, 9.17) is 9.47 Å². The van der Waals surface area contributed by atoms with Gasteiger partial charge in [0.1, 0.15) is 0 Å². The Morgan fingerprint density at radius 1 is 1.04 bits per heavy atom. The molecule has 0 aliphatic heterocycles. The highest BCUT2D eigenvalue weighted by Gasteiger charge is 2.17. The molecule has 26 heavy (non-hydrogen) atoms. The van der Waals surface area contributed by atoms with Crippen LogP contribution in [0.2, 0.25) is 0 Å². The van der Waals surface area contributed by atoms with E-state index in [1.54, 1.807) is 0 Å². The molecule has 0 radical (unpaired) electrons. The van der Waals surface area contributed by atoms with Crippen molar-refractivity contribution in [3.8, 4) is 11.5 Å². The second-order valence-electron chi connectivity index (χ2n) is 5.78. The average Bonchev–Trinajstić information content (AvgIpc) is 2.65. The number of carbonyl (C=O) groups is 2. The lowest BCUT2D eigenvalue weighted by molar-refractivity contribution is -0.116. The van der Waals surface area contributed by atoms with Crippen LogP contribution in [0.3, 0.4) is 0 Å². The van der Waals surface area contributed by atoms with E-state index in [0.717, 1.165) is 12.0 Å². The molecule has 0 saturated carbocycles. The van der Waals surface area contributed by atoms with Gasteiger partial charge in [0.15, 0.2) is 11.5 Å². The molecule has 2 N–H and O–H groups in total. The molecule has 6 nitrogen and oxygen atoms in total. The number of hydrogen-bond donors (Lipinski definition) is 2. The van der Waals surface area contributed by atoms with Crippen molar-refractivity contribution in [2.75, 3.05) is 19.5 Å². The fourth-order valence-corrected chi connectivity index (χ4v) is 2.59. The fraction of sp³-hybridized carbons (Fsp3) is 0.300. The van der Waals surface area contributed by atoms with Gasteiger partial charge in [-0.05, 0) is 36.1 Å². The second kappa shape index (κ2) is 8.89. The van der Waals surface area contributed by atoms with Crippen LogP contribution in [0.5, 0.6) is 11.5 Å². The van der Waals surface area contributed by atoms with Gasteiger partial charge in [0.2, 0.25) is 5.91 Å². The minimum Gasteiger partial charge on any atom is -0.493 e. The molecule has 2 rings (SSSR count). The first kappa shape index (κ1) is 19.3. The van der Waals surface area contributed by atoms with Gasteiger partial charge >= 0.3 is 5.97 Å². The van der Waals surface area contributed by atoms with Crippen molar-refractivity contribution >= 4 is 17.6 Å². The number of methoxy groups -OCH3 is 2. The summed E-state index contributed by atoms with van der Waals surface area (Å²) < 4.78 is 10.4. The second-order valence-corrected chi connectivity index (χ2v) is 5.78. The molecule has 0 fully saturated rings. The van der Waals surface area contributed by atoms with Crippen molar-refractivity contribution in [2.45, 2.75) is 26.2 Å². The Hall–Kier alpha value is -3.02.